The molecule has 74 valence electrons. The summed E-state index contributed by atoms with van der Waals surface area (Å²) in [6.45, 7) is 0.111. The predicted molar refractivity (Wildman–Crippen MR) is 48.6 cm³/mol. The lowest BCUT2D eigenvalue weighted by molar-refractivity contribution is 0.177. The van der Waals surface area contributed by atoms with Crippen molar-refractivity contribution in [1.29, 1.82) is 0 Å². The van der Waals surface area contributed by atoms with E-state index in [-0.39, 0.29) is 12.2 Å². The van der Waals surface area contributed by atoms with Crippen LogP contribution in [-0.4, -0.2) is 12.7 Å². The zero-order valence-electron chi connectivity index (χ0n) is 7.09. The maximum Gasteiger partial charge on any atom is 0.407 e. The van der Waals surface area contributed by atoms with Crippen molar-refractivity contribution in [3.8, 4) is 0 Å². The Morgan fingerprint density at radius 3 is 2.93 bits per heavy atom. The molecule has 1 aliphatic rings. The summed E-state index contributed by atoms with van der Waals surface area (Å²) in [5, 5.41) is 2.76. The standard InChI is InChI=1S/C9H7ClFNO2/c10-5-2-1-3-6(11)8(5)7-4-14-9(13)12-7/h1-3,7H,4H2,(H,12,13)/t7-/m1/s1. The van der Waals surface area contributed by atoms with Crippen molar-refractivity contribution in [3.63, 3.8) is 0 Å². The van der Waals surface area contributed by atoms with Gasteiger partial charge in [0, 0.05) is 10.6 Å². The number of halogens is 2. The van der Waals surface area contributed by atoms with Crippen molar-refractivity contribution in [2.45, 2.75) is 6.04 Å². The number of hydrogen-bond acceptors (Lipinski definition) is 2. The van der Waals surface area contributed by atoms with Crippen molar-refractivity contribution in [1.82, 2.24) is 5.32 Å². The first-order valence-corrected chi connectivity index (χ1v) is 4.43. The van der Waals surface area contributed by atoms with Gasteiger partial charge in [-0.05, 0) is 12.1 Å². The second-order valence-corrected chi connectivity index (χ2v) is 3.34. The second kappa shape index (κ2) is 3.46. The molecule has 2 rings (SSSR count). The van der Waals surface area contributed by atoms with Gasteiger partial charge >= 0.3 is 6.09 Å². The van der Waals surface area contributed by atoms with E-state index in [9.17, 15) is 9.18 Å². The van der Waals surface area contributed by atoms with Crippen LogP contribution in [0.15, 0.2) is 18.2 Å². The Morgan fingerprint density at radius 2 is 2.36 bits per heavy atom. The number of nitrogens with one attached hydrogen (secondary N) is 1. The van der Waals surface area contributed by atoms with Gasteiger partial charge in [-0.1, -0.05) is 17.7 Å². The Labute approximate surface area is 84.8 Å². The van der Waals surface area contributed by atoms with Gasteiger partial charge < -0.3 is 10.1 Å². The Bertz CT molecular complexity index is 363. The van der Waals surface area contributed by atoms with Gasteiger partial charge in [0.25, 0.3) is 0 Å². The highest BCUT2D eigenvalue weighted by Gasteiger charge is 2.27. The fraction of sp³-hybridized carbons (Fsp3) is 0.222. The highest BCUT2D eigenvalue weighted by molar-refractivity contribution is 6.31. The van der Waals surface area contributed by atoms with E-state index in [4.69, 9.17) is 11.6 Å². The second-order valence-electron chi connectivity index (χ2n) is 2.93. The van der Waals surface area contributed by atoms with E-state index in [1.165, 1.54) is 12.1 Å². The molecule has 0 bridgehead atoms. The molecule has 1 heterocycles. The number of benzene rings is 1. The Hall–Kier alpha value is -1.29. The summed E-state index contributed by atoms with van der Waals surface area (Å²) in [6, 6.07) is 3.89. The molecule has 0 aromatic heterocycles. The van der Waals surface area contributed by atoms with E-state index in [0.29, 0.717) is 5.02 Å². The van der Waals surface area contributed by atoms with Crippen LogP contribution in [0.4, 0.5) is 9.18 Å². The average molecular weight is 216 g/mol. The quantitative estimate of drug-likeness (QED) is 0.781. The summed E-state index contributed by atoms with van der Waals surface area (Å²) >= 11 is 5.81. The van der Waals surface area contributed by atoms with Crippen LogP contribution in [0, 0.1) is 5.82 Å². The molecule has 1 fully saturated rings. The summed E-state index contributed by atoms with van der Waals surface area (Å²) < 4.78 is 18.0. The van der Waals surface area contributed by atoms with Crippen LogP contribution < -0.4 is 5.32 Å². The Morgan fingerprint density at radius 1 is 1.57 bits per heavy atom. The number of alkyl carbamates (subject to hydrolysis) is 1. The lowest BCUT2D eigenvalue weighted by Gasteiger charge is -2.10. The smallest absolute Gasteiger partial charge is 0.407 e. The van der Waals surface area contributed by atoms with Crippen molar-refractivity contribution in [3.05, 3.63) is 34.6 Å². The monoisotopic (exact) mass is 215 g/mol. The molecule has 1 N–H and O–H groups in total. The first kappa shape index (κ1) is 9.27. The zero-order chi connectivity index (χ0) is 10.1. The first-order valence-electron chi connectivity index (χ1n) is 4.05. The molecule has 5 heteroatoms. The van der Waals surface area contributed by atoms with Gasteiger partial charge in [0.15, 0.2) is 0 Å². The molecule has 14 heavy (non-hydrogen) atoms. The molecular weight excluding hydrogens is 209 g/mol. The lowest BCUT2D eigenvalue weighted by atomic mass is 10.1. The molecule has 1 atom stereocenters. The number of rotatable bonds is 1. The Balaban J connectivity index is 2.36. The van der Waals surface area contributed by atoms with E-state index in [0.717, 1.165) is 0 Å². The maximum absolute atomic E-state index is 13.3. The van der Waals surface area contributed by atoms with Gasteiger partial charge in [0.05, 0.1) is 6.04 Å². The number of ether oxygens (including phenoxy) is 1. The molecule has 1 aliphatic heterocycles. The minimum absolute atomic E-state index is 0.111. The van der Waals surface area contributed by atoms with E-state index in [1.807, 2.05) is 0 Å². The molecule has 1 amide bonds. The number of carbonyl (C=O) groups excluding carboxylic acids is 1. The third kappa shape index (κ3) is 1.53. The van der Waals surface area contributed by atoms with Crippen LogP contribution in [0.5, 0.6) is 0 Å². The molecule has 0 aliphatic carbocycles. The fourth-order valence-electron chi connectivity index (χ4n) is 1.38. The third-order valence-electron chi connectivity index (χ3n) is 2.02. The molecule has 3 nitrogen and oxygen atoms in total. The summed E-state index contributed by atoms with van der Waals surface area (Å²) in [5.74, 6) is -0.437. The zero-order valence-corrected chi connectivity index (χ0v) is 7.84. The topological polar surface area (TPSA) is 38.3 Å². The van der Waals surface area contributed by atoms with E-state index < -0.39 is 18.0 Å². The number of amides is 1. The minimum Gasteiger partial charge on any atom is -0.447 e. The molecule has 0 saturated carbocycles. The van der Waals surface area contributed by atoms with Crippen LogP contribution in [0.2, 0.25) is 5.02 Å². The van der Waals surface area contributed by atoms with Crippen LogP contribution in [-0.2, 0) is 4.74 Å². The Kier molecular flexibility index (Phi) is 2.29. The molecule has 1 aromatic rings. The highest BCUT2D eigenvalue weighted by atomic mass is 35.5. The van der Waals surface area contributed by atoms with E-state index in [1.54, 1.807) is 6.07 Å². The molecular formula is C9H7ClFNO2. The van der Waals surface area contributed by atoms with Crippen molar-refractivity contribution < 1.29 is 13.9 Å². The maximum atomic E-state index is 13.3. The number of hydrogen-bond donors (Lipinski definition) is 1. The molecule has 1 saturated heterocycles. The van der Waals surface area contributed by atoms with Gasteiger partial charge in [-0.15, -0.1) is 0 Å². The van der Waals surface area contributed by atoms with Crippen molar-refractivity contribution in [2.75, 3.05) is 6.61 Å². The predicted octanol–water partition coefficient (Wildman–Crippen LogP) is 2.26. The summed E-state index contributed by atoms with van der Waals surface area (Å²) in [4.78, 5) is 10.8. The van der Waals surface area contributed by atoms with Crippen LogP contribution in [0.1, 0.15) is 11.6 Å². The first-order chi connectivity index (χ1) is 6.68. The lowest BCUT2D eigenvalue weighted by Crippen LogP contribution is -2.19. The average Bonchev–Trinajstić information content (AvgIpc) is 2.51. The summed E-state index contributed by atoms with van der Waals surface area (Å²) in [6.07, 6.45) is -0.547. The summed E-state index contributed by atoms with van der Waals surface area (Å²) in [7, 11) is 0. The SMILES string of the molecule is O=C1N[C@@H](c2c(F)cccc2Cl)CO1. The van der Waals surface area contributed by atoms with Gasteiger partial charge in [-0.2, -0.15) is 0 Å². The van der Waals surface area contributed by atoms with Crippen molar-refractivity contribution >= 4 is 17.7 Å². The summed E-state index contributed by atoms with van der Waals surface area (Å²) in [5.41, 5.74) is 0.278. The largest absolute Gasteiger partial charge is 0.447 e. The molecule has 0 unspecified atom stereocenters. The number of cyclic esters (lactones) is 1. The van der Waals surface area contributed by atoms with Gasteiger partial charge in [-0.3, -0.25) is 0 Å². The van der Waals surface area contributed by atoms with Gasteiger partial charge in [0.2, 0.25) is 0 Å². The van der Waals surface area contributed by atoms with Gasteiger partial charge in [0.1, 0.15) is 12.4 Å². The normalized spacial score (nSPS) is 20.4. The molecule has 0 spiro atoms. The van der Waals surface area contributed by atoms with Crippen LogP contribution in [0.25, 0.3) is 0 Å². The van der Waals surface area contributed by atoms with Gasteiger partial charge in [-0.25, -0.2) is 9.18 Å². The molecule has 1 aromatic carbocycles. The third-order valence-corrected chi connectivity index (χ3v) is 2.35. The highest BCUT2D eigenvalue weighted by Crippen LogP contribution is 2.28. The van der Waals surface area contributed by atoms with E-state index in [2.05, 4.69) is 10.1 Å². The molecule has 0 radical (unpaired) electrons. The van der Waals surface area contributed by atoms with Crippen LogP contribution in [0.3, 0.4) is 0 Å². The number of carbonyl (C=O) groups is 1. The van der Waals surface area contributed by atoms with Crippen LogP contribution >= 0.6 is 11.6 Å². The van der Waals surface area contributed by atoms with Crippen molar-refractivity contribution in [2.24, 2.45) is 0 Å². The van der Waals surface area contributed by atoms with E-state index >= 15 is 0 Å². The minimum atomic E-state index is -0.547. The fourth-order valence-corrected chi connectivity index (χ4v) is 1.68.